The minimum absolute atomic E-state index is 0.0504. The van der Waals surface area contributed by atoms with Crippen LogP contribution in [-0.2, 0) is 17.9 Å². The zero-order valence-electron chi connectivity index (χ0n) is 32.9. The second kappa shape index (κ2) is 14.2. The maximum absolute atomic E-state index is 14.9. The second-order valence-electron chi connectivity index (χ2n) is 18.5. The van der Waals surface area contributed by atoms with E-state index in [0.29, 0.717) is 44.6 Å². The Kier molecular flexibility index (Phi) is 9.53. The van der Waals surface area contributed by atoms with Gasteiger partial charge in [-0.3, -0.25) is 9.69 Å². The first kappa shape index (κ1) is 37.7. The van der Waals surface area contributed by atoms with Crippen LogP contribution >= 0.6 is 0 Å². The quantitative estimate of drug-likeness (QED) is 0.0992. The van der Waals surface area contributed by atoms with Gasteiger partial charge in [0, 0.05) is 47.0 Å². The second-order valence-corrected chi connectivity index (χ2v) is 18.5. The molecule has 10 rings (SSSR count). The van der Waals surface area contributed by atoms with E-state index in [4.69, 9.17) is 4.74 Å². The number of nitrogens with zero attached hydrogens (tertiary/aromatic N) is 1. The smallest absolute Gasteiger partial charge is 0.189 e. The molecule has 3 N–H and O–H groups in total. The SMILES string of the molecule is C[C@]12CC[C@H]3[C@]4(C=C[C@@]5(C=C4C(=O)c4ccccc4)CC(O)CC[C@]35C)[C@@H]1CC[C@@]2(O)CN(Cc1cccc2ccccc12)C[C@@H](O)COCc1ccccc1. The molecule has 0 radical (unpaired) electrons. The number of ketones is 1. The number of hydrogen-bond acceptors (Lipinski definition) is 6. The molecule has 0 aromatic heterocycles. The maximum atomic E-state index is 14.9. The molecule has 2 bridgehead atoms. The summed E-state index contributed by atoms with van der Waals surface area (Å²) in [4.78, 5) is 17.1. The Morgan fingerprint density at radius 1 is 0.821 bits per heavy atom. The van der Waals surface area contributed by atoms with Gasteiger partial charge in [-0.15, -0.1) is 0 Å². The Morgan fingerprint density at radius 3 is 2.30 bits per heavy atom. The number of Topliss-reactive ketones (excluding diaryl/α,β-unsaturated/α-hetero) is 1. The first-order chi connectivity index (χ1) is 27.0. The number of ether oxygens (including phenoxy) is 1. The van der Waals surface area contributed by atoms with Crippen LogP contribution in [0, 0.1) is 33.5 Å². The number of allylic oxidation sites excluding steroid dienone is 4. The van der Waals surface area contributed by atoms with E-state index in [1.807, 2.05) is 60.7 Å². The van der Waals surface area contributed by atoms with Gasteiger partial charge in [-0.05, 0) is 84.1 Å². The fourth-order valence-corrected chi connectivity index (χ4v) is 12.8. The van der Waals surface area contributed by atoms with Crippen molar-refractivity contribution in [3.63, 3.8) is 0 Å². The molecule has 2 spiro atoms. The summed E-state index contributed by atoms with van der Waals surface area (Å²) in [7, 11) is 0. The van der Waals surface area contributed by atoms with Crippen LogP contribution in [0.5, 0.6) is 0 Å². The van der Waals surface area contributed by atoms with Crippen LogP contribution in [0.3, 0.4) is 0 Å². The number of carbonyl (C=O) groups is 1. The lowest BCUT2D eigenvalue weighted by molar-refractivity contribution is -0.177. The highest BCUT2D eigenvalue weighted by atomic mass is 16.5. The van der Waals surface area contributed by atoms with Gasteiger partial charge in [-0.1, -0.05) is 135 Å². The van der Waals surface area contributed by atoms with E-state index < -0.39 is 22.5 Å². The molecular formula is C50H57NO5. The van der Waals surface area contributed by atoms with E-state index in [2.05, 4.69) is 79.4 Å². The van der Waals surface area contributed by atoms with Gasteiger partial charge in [0.25, 0.3) is 0 Å². The van der Waals surface area contributed by atoms with Gasteiger partial charge in [0.1, 0.15) is 0 Å². The highest BCUT2D eigenvalue weighted by Crippen LogP contribution is 2.78. The highest BCUT2D eigenvalue weighted by Gasteiger charge is 2.74. The van der Waals surface area contributed by atoms with Crippen molar-refractivity contribution in [1.82, 2.24) is 4.90 Å². The van der Waals surface area contributed by atoms with E-state index in [1.165, 1.54) is 10.8 Å². The number of rotatable bonds is 12. The van der Waals surface area contributed by atoms with Gasteiger partial charge in [0.05, 0.1) is 31.0 Å². The summed E-state index contributed by atoms with van der Waals surface area (Å²) in [6.45, 7) is 6.69. The predicted octanol–water partition coefficient (Wildman–Crippen LogP) is 8.69. The molecule has 0 amide bonds. The number of aliphatic hydroxyl groups excluding tert-OH is 2. The molecule has 4 aromatic carbocycles. The molecule has 4 aromatic rings. The largest absolute Gasteiger partial charge is 0.393 e. The Bertz CT molecular complexity index is 2150. The molecule has 292 valence electrons. The lowest BCUT2D eigenvalue weighted by Gasteiger charge is -2.71. The van der Waals surface area contributed by atoms with E-state index in [1.54, 1.807) is 0 Å². The molecule has 3 saturated carbocycles. The molecule has 6 aliphatic rings. The number of aliphatic hydroxyl groups is 3. The lowest BCUT2D eigenvalue weighted by atomic mass is 9.32. The van der Waals surface area contributed by atoms with E-state index >= 15 is 0 Å². The fourth-order valence-electron chi connectivity index (χ4n) is 12.8. The lowest BCUT2D eigenvalue weighted by Crippen LogP contribution is -2.67. The molecule has 0 aliphatic heterocycles. The summed E-state index contributed by atoms with van der Waals surface area (Å²) in [6, 6.07) is 34.5. The van der Waals surface area contributed by atoms with Crippen molar-refractivity contribution >= 4 is 16.6 Å². The number of hydrogen-bond donors (Lipinski definition) is 3. The van der Waals surface area contributed by atoms with Crippen molar-refractivity contribution in [1.29, 1.82) is 0 Å². The fraction of sp³-hybridized carbons (Fsp3) is 0.460. The average molecular weight is 752 g/mol. The molecule has 0 saturated heterocycles. The van der Waals surface area contributed by atoms with Crippen molar-refractivity contribution in [3.8, 4) is 0 Å². The molecular weight excluding hydrogens is 695 g/mol. The van der Waals surface area contributed by atoms with Gasteiger partial charge >= 0.3 is 0 Å². The summed E-state index contributed by atoms with van der Waals surface area (Å²) < 4.78 is 6.02. The van der Waals surface area contributed by atoms with Gasteiger partial charge in [-0.2, -0.15) is 0 Å². The predicted molar refractivity (Wildman–Crippen MR) is 221 cm³/mol. The van der Waals surface area contributed by atoms with Gasteiger partial charge in [0.15, 0.2) is 5.78 Å². The van der Waals surface area contributed by atoms with Crippen LogP contribution in [0.2, 0.25) is 0 Å². The van der Waals surface area contributed by atoms with Crippen molar-refractivity contribution in [2.75, 3.05) is 19.7 Å². The van der Waals surface area contributed by atoms with E-state index in [0.717, 1.165) is 48.8 Å². The topological polar surface area (TPSA) is 90.2 Å². The minimum atomic E-state index is -1.06. The molecule has 1 unspecified atom stereocenters. The molecule has 3 fully saturated rings. The van der Waals surface area contributed by atoms with Crippen molar-refractivity contribution in [2.45, 2.75) is 89.8 Å². The number of benzene rings is 4. The molecule has 56 heavy (non-hydrogen) atoms. The average Bonchev–Trinajstić information content (AvgIpc) is 3.48. The molecule has 0 heterocycles. The highest BCUT2D eigenvalue weighted by molar-refractivity contribution is 6.10. The van der Waals surface area contributed by atoms with Crippen molar-refractivity contribution in [3.05, 3.63) is 144 Å². The van der Waals surface area contributed by atoms with E-state index in [-0.39, 0.29) is 41.2 Å². The third kappa shape index (κ3) is 5.90. The molecule has 6 heteroatoms. The van der Waals surface area contributed by atoms with Crippen LogP contribution in [0.4, 0.5) is 0 Å². The minimum Gasteiger partial charge on any atom is -0.393 e. The van der Waals surface area contributed by atoms with Gasteiger partial charge < -0.3 is 20.1 Å². The first-order valence-electron chi connectivity index (χ1n) is 20.9. The van der Waals surface area contributed by atoms with E-state index in [9.17, 15) is 20.1 Å². The van der Waals surface area contributed by atoms with Crippen molar-refractivity contribution < 1.29 is 24.9 Å². The Morgan fingerprint density at radius 2 is 1.50 bits per heavy atom. The van der Waals surface area contributed by atoms with Crippen LogP contribution in [0.1, 0.15) is 80.3 Å². The zero-order chi connectivity index (χ0) is 38.8. The summed E-state index contributed by atoms with van der Waals surface area (Å²) >= 11 is 0. The number of carbonyl (C=O) groups excluding carboxylic acids is 1. The third-order valence-corrected chi connectivity index (χ3v) is 15.6. The summed E-state index contributed by atoms with van der Waals surface area (Å²) in [5.41, 5.74) is 1.28. The molecule has 9 atom stereocenters. The van der Waals surface area contributed by atoms with Crippen LogP contribution < -0.4 is 0 Å². The maximum Gasteiger partial charge on any atom is 0.189 e. The van der Waals surface area contributed by atoms with Crippen LogP contribution in [0.25, 0.3) is 10.8 Å². The van der Waals surface area contributed by atoms with Crippen LogP contribution in [-0.4, -0.2) is 63.5 Å². The normalized spacial score (nSPS) is 34.8. The molecule has 6 nitrogen and oxygen atoms in total. The van der Waals surface area contributed by atoms with Gasteiger partial charge in [0.2, 0.25) is 0 Å². The summed E-state index contributed by atoms with van der Waals surface area (Å²) in [5, 5.41) is 38.3. The van der Waals surface area contributed by atoms with Crippen LogP contribution in [0.15, 0.2) is 127 Å². The summed E-state index contributed by atoms with van der Waals surface area (Å²) in [6.07, 6.45) is 11.5. The standard InChI is InChI=1S/C50H57NO5/c1-46-23-20-39(52)28-48(46)26-27-50(42(29-48)45(54)37-15-7-4-8-16-37)43(46)21-24-47(2)44(50)22-25-49(47,55)34-51(30-38-18-11-17-36-14-9-10-19-41(36)38)31-40(53)33-56-32-35-12-5-3-6-13-35/h3-19,26-27,29,39-40,43-44,52-53,55H,20-25,28,30-34H2,1-2H3/t39?,40-,43-,44-,46-,47+,48+,49-,50-/m1/s1. The Labute approximate surface area is 331 Å². The Hall–Kier alpha value is -3.91. The third-order valence-electron chi connectivity index (χ3n) is 15.6. The number of fused-ring (bicyclic) bond motifs is 2. The first-order valence-corrected chi connectivity index (χ1v) is 20.9. The monoisotopic (exact) mass is 751 g/mol. The molecule has 6 aliphatic carbocycles. The zero-order valence-corrected chi connectivity index (χ0v) is 32.9. The summed E-state index contributed by atoms with van der Waals surface area (Å²) in [5.74, 6) is 0.364. The van der Waals surface area contributed by atoms with Crippen molar-refractivity contribution in [2.24, 2.45) is 33.5 Å². The Balaban J connectivity index is 1.06. The van der Waals surface area contributed by atoms with Gasteiger partial charge in [-0.25, -0.2) is 0 Å².